The van der Waals surface area contributed by atoms with E-state index >= 15 is 0 Å². The second kappa shape index (κ2) is 4.39. The van der Waals surface area contributed by atoms with Crippen LogP contribution in [-0.4, -0.2) is 36.3 Å². The highest BCUT2D eigenvalue weighted by Crippen LogP contribution is 2.12. The molecule has 14 heavy (non-hydrogen) atoms. The zero-order valence-corrected chi connectivity index (χ0v) is 10.2. The van der Waals surface area contributed by atoms with Gasteiger partial charge in [0.15, 0.2) is 0 Å². The summed E-state index contributed by atoms with van der Waals surface area (Å²) in [6.07, 6.45) is 0. The van der Waals surface area contributed by atoms with Crippen LogP contribution in [0.1, 0.15) is 5.69 Å². The Morgan fingerprint density at radius 3 is 2.71 bits per heavy atom. The first-order valence-electron chi connectivity index (χ1n) is 4.59. The lowest BCUT2D eigenvalue weighted by Gasteiger charge is -2.26. The number of hydrogen-bond donors (Lipinski definition) is 0. The molecule has 1 aliphatic rings. The molecule has 0 aliphatic carbocycles. The third kappa shape index (κ3) is 2.33. The number of ether oxygens (including phenoxy) is 1. The molecule has 0 radical (unpaired) electrons. The molecule has 0 amide bonds. The largest absolute Gasteiger partial charge is 0.378 e. The fourth-order valence-corrected chi connectivity index (χ4v) is 2.09. The average Bonchev–Trinajstić information content (AvgIpc) is 2.18. The minimum Gasteiger partial charge on any atom is -0.378 e. The lowest BCUT2D eigenvalue weighted by Crippen LogP contribution is -2.37. The summed E-state index contributed by atoms with van der Waals surface area (Å²) in [5.41, 5.74) is 1.02. The van der Waals surface area contributed by atoms with Crippen molar-refractivity contribution < 1.29 is 4.74 Å². The second-order valence-electron chi connectivity index (χ2n) is 3.23. The summed E-state index contributed by atoms with van der Waals surface area (Å²) in [5, 5.41) is 0. The van der Waals surface area contributed by atoms with Crippen LogP contribution in [0.25, 0.3) is 0 Å². The zero-order chi connectivity index (χ0) is 9.97. The van der Waals surface area contributed by atoms with Crippen molar-refractivity contribution in [2.45, 2.75) is 6.92 Å². The topological polar surface area (TPSA) is 38.2 Å². The van der Waals surface area contributed by atoms with Crippen LogP contribution in [0.4, 0.5) is 5.95 Å². The Morgan fingerprint density at radius 2 is 2.07 bits per heavy atom. The van der Waals surface area contributed by atoms with Crippen molar-refractivity contribution in [3.63, 3.8) is 0 Å². The predicted octanol–water partition coefficient (Wildman–Crippen LogP) is 1.23. The zero-order valence-electron chi connectivity index (χ0n) is 8.03. The van der Waals surface area contributed by atoms with Crippen molar-refractivity contribution in [3.05, 3.63) is 15.5 Å². The van der Waals surface area contributed by atoms with Crippen LogP contribution < -0.4 is 4.90 Å². The molecule has 76 valence electrons. The molecule has 2 rings (SSSR count). The standard InChI is InChI=1S/C9H12IN3O/c1-7-6-8(10)12-9(11-7)13-2-4-14-5-3-13/h6H,2-5H2,1H3. The molecule has 0 N–H and O–H groups in total. The summed E-state index contributed by atoms with van der Waals surface area (Å²) < 4.78 is 6.28. The van der Waals surface area contributed by atoms with E-state index in [2.05, 4.69) is 37.5 Å². The summed E-state index contributed by atoms with van der Waals surface area (Å²) in [7, 11) is 0. The number of hydrogen-bond acceptors (Lipinski definition) is 4. The van der Waals surface area contributed by atoms with Crippen LogP contribution >= 0.6 is 22.6 Å². The monoisotopic (exact) mass is 305 g/mol. The van der Waals surface area contributed by atoms with Gasteiger partial charge >= 0.3 is 0 Å². The number of aryl methyl sites for hydroxylation is 1. The number of nitrogens with zero attached hydrogens (tertiary/aromatic N) is 3. The SMILES string of the molecule is Cc1cc(I)nc(N2CCOCC2)n1. The summed E-state index contributed by atoms with van der Waals surface area (Å²) in [4.78, 5) is 11.0. The van der Waals surface area contributed by atoms with Crippen molar-refractivity contribution in [3.8, 4) is 0 Å². The molecule has 4 nitrogen and oxygen atoms in total. The molecule has 2 heterocycles. The van der Waals surface area contributed by atoms with Gasteiger partial charge in [0.1, 0.15) is 3.70 Å². The molecule has 0 bridgehead atoms. The van der Waals surface area contributed by atoms with Crippen molar-refractivity contribution in [2.75, 3.05) is 31.2 Å². The van der Waals surface area contributed by atoms with Crippen molar-refractivity contribution in [2.24, 2.45) is 0 Å². The smallest absolute Gasteiger partial charge is 0.226 e. The van der Waals surface area contributed by atoms with Crippen molar-refractivity contribution >= 4 is 28.5 Å². The highest BCUT2D eigenvalue weighted by atomic mass is 127. The van der Waals surface area contributed by atoms with Crippen LogP contribution in [0.15, 0.2) is 6.07 Å². The van der Waals surface area contributed by atoms with Gasteiger partial charge in [0.05, 0.1) is 13.2 Å². The van der Waals surface area contributed by atoms with Gasteiger partial charge in [-0.1, -0.05) is 0 Å². The van der Waals surface area contributed by atoms with Gasteiger partial charge in [-0.25, -0.2) is 9.97 Å². The van der Waals surface area contributed by atoms with E-state index in [-0.39, 0.29) is 0 Å². The van der Waals surface area contributed by atoms with Gasteiger partial charge in [-0.15, -0.1) is 0 Å². The number of morpholine rings is 1. The predicted molar refractivity (Wildman–Crippen MR) is 62.5 cm³/mol. The van der Waals surface area contributed by atoms with E-state index < -0.39 is 0 Å². The lowest BCUT2D eigenvalue weighted by atomic mass is 10.4. The summed E-state index contributed by atoms with van der Waals surface area (Å²) in [6, 6.07) is 1.98. The Bertz CT molecular complexity index is 306. The van der Waals surface area contributed by atoms with E-state index in [1.54, 1.807) is 0 Å². The molecule has 1 aliphatic heterocycles. The molecule has 0 saturated carbocycles. The summed E-state index contributed by atoms with van der Waals surface area (Å²) >= 11 is 2.22. The maximum atomic E-state index is 5.28. The van der Waals surface area contributed by atoms with E-state index in [0.29, 0.717) is 0 Å². The molecule has 1 fully saturated rings. The van der Waals surface area contributed by atoms with Crippen LogP contribution in [0.3, 0.4) is 0 Å². The third-order valence-electron chi connectivity index (χ3n) is 2.11. The number of aromatic nitrogens is 2. The first kappa shape index (κ1) is 10.1. The molecule has 5 heteroatoms. The third-order valence-corrected chi connectivity index (χ3v) is 2.66. The van der Waals surface area contributed by atoms with Gasteiger partial charge in [0.25, 0.3) is 0 Å². The molecule has 0 unspecified atom stereocenters. The molecule has 0 atom stereocenters. The van der Waals surface area contributed by atoms with E-state index in [0.717, 1.165) is 41.6 Å². The first-order chi connectivity index (χ1) is 6.75. The van der Waals surface area contributed by atoms with E-state index in [4.69, 9.17) is 4.74 Å². The number of rotatable bonds is 1. The maximum absolute atomic E-state index is 5.28. The van der Waals surface area contributed by atoms with Gasteiger partial charge in [0.2, 0.25) is 5.95 Å². The average molecular weight is 305 g/mol. The number of halogens is 1. The molecule has 1 aromatic rings. The normalized spacial score (nSPS) is 17.1. The molecule has 0 aromatic carbocycles. The van der Waals surface area contributed by atoms with Crippen molar-refractivity contribution in [1.29, 1.82) is 0 Å². The van der Waals surface area contributed by atoms with Gasteiger partial charge in [-0.3, -0.25) is 0 Å². The summed E-state index contributed by atoms with van der Waals surface area (Å²) in [5.74, 6) is 0.831. The van der Waals surface area contributed by atoms with E-state index in [1.165, 1.54) is 0 Å². The van der Waals surface area contributed by atoms with E-state index in [9.17, 15) is 0 Å². The Balaban J connectivity index is 2.21. The van der Waals surface area contributed by atoms with E-state index in [1.807, 2.05) is 13.0 Å². The van der Waals surface area contributed by atoms with Gasteiger partial charge in [0, 0.05) is 18.8 Å². The Kier molecular flexibility index (Phi) is 3.17. The minimum absolute atomic E-state index is 0.772. The van der Waals surface area contributed by atoms with Gasteiger partial charge < -0.3 is 9.64 Å². The van der Waals surface area contributed by atoms with Crippen LogP contribution in [0.2, 0.25) is 0 Å². The highest BCUT2D eigenvalue weighted by Gasteiger charge is 2.14. The molecular weight excluding hydrogens is 293 g/mol. The molecular formula is C9H12IN3O. The Morgan fingerprint density at radius 1 is 1.36 bits per heavy atom. The molecule has 0 spiro atoms. The molecule has 1 aromatic heterocycles. The number of anilines is 1. The lowest BCUT2D eigenvalue weighted by molar-refractivity contribution is 0.122. The second-order valence-corrected chi connectivity index (χ2v) is 4.34. The fraction of sp³-hybridized carbons (Fsp3) is 0.556. The first-order valence-corrected chi connectivity index (χ1v) is 5.67. The van der Waals surface area contributed by atoms with Gasteiger partial charge in [-0.05, 0) is 35.6 Å². The minimum atomic E-state index is 0.772. The summed E-state index contributed by atoms with van der Waals surface area (Å²) in [6.45, 7) is 5.31. The molecule has 1 saturated heterocycles. The quantitative estimate of drug-likeness (QED) is 0.578. The van der Waals surface area contributed by atoms with Gasteiger partial charge in [-0.2, -0.15) is 0 Å². The fourth-order valence-electron chi connectivity index (χ4n) is 1.42. The van der Waals surface area contributed by atoms with Crippen LogP contribution in [-0.2, 0) is 4.74 Å². The Hall–Kier alpha value is -0.430. The Labute approximate surface area is 96.8 Å². The van der Waals surface area contributed by atoms with Crippen LogP contribution in [0, 0.1) is 10.6 Å². The maximum Gasteiger partial charge on any atom is 0.226 e. The highest BCUT2D eigenvalue weighted by molar-refractivity contribution is 14.1. The van der Waals surface area contributed by atoms with Crippen molar-refractivity contribution in [1.82, 2.24) is 9.97 Å². The van der Waals surface area contributed by atoms with Crippen LogP contribution in [0.5, 0.6) is 0 Å².